The molecule has 2 fully saturated rings. The van der Waals surface area contributed by atoms with E-state index < -0.39 is 15.1 Å². The Bertz CT molecular complexity index is 607. The van der Waals surface area contributed by atoms with Crippen molar-refractivity contribution in [3.8, 4) is 0 Å². The smallest absolute Gasteiger partial charge is 0.187 e. The van der Waals surface area contributed by atoms with Gasteiger partial charge in [0.05, 0.1) is 23.1 Å². The number of nitrogens with one attached hydrogen (secondary N) is 1. The summed E-state index contributed by atoms with van der Waals surface area (Å²) in [6.07, 6.45) is 3.29. The number of ether oxygens (including phenoxy) is 1. The number of halogens is 1. The van der Waals surface area contributed by atoms with Crippen LogP contribution < -0.4 is 5.32 Å². The first kappa shape index (κ1) is 15.3. The predicted molar refractivity (Wildman–Crippen MR) is 82.5 cm³/mol. The third-order valence-electron chi connectivity index (χ3n) is 4.33. The summed E-state index contributed by atoms with van der Waals surface area (Å²) in [6, 6.07) is 5.38. The van der Waals surface area contributed by atoms with Crippen LogP contribution in [0.4, 0.5) is 0 Å². The van der Waals surface area contributed by atoms with Crippen molar-refractivity contribution in [1.29, 1.82) is 0 Å². The molecule has 21 heavy (non-hydrogen) atoms. The van der Waals surface area contributed by atoms with Gasteiger partial charge in [0, 0.05) is 0 Å². The molecule has 0 aromatic heterocycles. The Morgan fingerprint density at radius 2 is 1.95 bits per heavy atom. The molecule has 0 bridgehead atoms. The van der Waals surface area contributed by atoms with E-state index in [0.29, 0.717) is 10.9 Å². The molecule has 2 aliphatic heterocycles. The van der Waals surface area contributed by atoms with Crippen molar-refractivity contribution in [2.75, 3.05) is 26.3 Å². The zero-order valence-electron chi connectivity index (χ0n) is 11.8. The summed E-state index contributed by atoms with van der Waals surface area (Å²) in [6.45, 7) is 2.67. The standard InChI is InChI=1S/C15H20ClNO3S/c16-14-8-12(7-11-3-5-17-6-4-11)1-2-15(14)21(18,19)13-9-20-10-13/h1-2,8,11,13,17H,3-7,9-10H2. The topological polar surface area (TPSA) is 55.4 Å². The number of hydrogen-bond acceptors (Lipinski definition) is 4. The molecule has 116 valence electrons. The lowest BCUT2D eigenvalue weighted by Gasteiger charge is -2.26. The molecule has 0 radical (unpaired) electrons. The number of benzene rings is 1. The van der Waals surface area contributed by atoms with Gasteiger partial charge in [-0.2, -0.15) is 0 Å². The van der Waals surface area contributed by atoms with Gasteiger partial charge >= 0.3 is 0 Å². The van der Waals surface area contributed by atoms with Crippen molar-refractivity contribution in [3.63, 3.8) is 0 Å². The summed E-state index contributed by atoms with van der Waals surface area (Å²) < 4.78 is 29.7. The quantitative estimate of drug-likeness (QED) is 0.918. The van der Waals surface area contributed by atoms with E-state index in [0.717, 1.165) is 37.9 Å². The molecule has 6 heteroatoms. The summed E-state index contributed by atoms with van der Waals surface area (Å²) in [4.78, 5) is 0.242. The van der Waals surface area contributed by atoms with Crippen molar-refractivity contribution in [1.82, 2.24) is 5.32 Å². The lowest BCUT2D eigenvalue weighted by Crippen LogP contribution is -2.40. The van der Waals surface area contributed by atoms with Gasteiger partial charge in [-0.15, -0.1) is 0 Å². The molecule has 4 nitrogen and oxygen atoms in total. The van der Waals surface area contributed by atoms with E-state index in [4.69, 9.17) is 16.3 Å². The fraction of sp³-hybridized carbons (Fsp3) is 0.600. The minimum absolute atomic E-state index is 0.242. The van der Waals surface area contributed by atoms with E-state index in [1.807, 2.05) is 12.1 Å². The minimum Gasteiger partial charge on any atom is -0.379 e. The Balaban J connectivity index is 1.76. The number of sulfone groups is 1. The van der Waals surface area contributed by atoms with Gasteiger partial charge in [0.2, 0.25) is 0 Å². The first-order valence-electron chi connectivity index (χ1n) is 7.38. The highest BCUT2D eigenvalue weighted by atomic mass is 35.5. The highest BCUT2D eigenvalue weighted by Crippen LogP contribution is 2.30. The van der Waals surface area contributed by atoms with E-state index in [1.54, 1.807) is 6.07 Å². The van der Waals surface area contributed by atoms with Crippen LogP contribution in [-0.2, 0) is 21.0 Å². The molecule has 2 saturated heterocycles. The molecule has 2 aliphatic rings. The lowest BCUT2D eigenvalue weighted by atomic mass is 9.91. The summed E-state index contributed by atoms with van der Waals surface area (Å²) in [5.41, 5.74) is 1.12. The number of piperidine rings is 1. The molecule has 1 aromatic carbocycles. The highest BCUT2D eigenvalue weighted by Gasteiger charge is 2.35. The zero-order valence-corrected chi connectivity index (χ0v) is 13.4. The fourth-order valence-electron chi connectivity index (χ4n) is 2.89. The van der Waals surface area contributed by atoms with Crippen molar-refractivity contribution in [2.45, 2.75) is 29.4 Å². The molecular weight excluding hydrogens is 310 g/mol. The molecule has 3 rings (SSSR count). The zero-order chi connectivity index (χ0) is 14.9. The Morgan fingerprint density at radius 3 is 2.52 bits per heavy atom. The van der Waals surface area contributed by atoms with Gasteiger partial charge in [-0.25, -0.2) is 8.42 Å². The van der Waals surface area contributed by atoms with Gasteiger partial charge in [-0.05, 0) is 56.0 Å². The maximum Gasteiger partial charge on any atom is 0.187 e. The molecule has 1 aromatic rings. The average molecular weight is 330 g/mol. The SMILES string of the molecule is O=S(=O)(c1ccc(CC2CCNCC2)cc1Cl)C1COC1. The second-order valence-corrected chi connectivity index (χ2v) is 8.47. The first-order chi connectivity index (χ1) is 10.1. The Morgan fingerprint density at radius 1 is 1.24 bits per heavy atom. The number of hydrogen-bond donors (Lipinski definition) is 1. The predicted octanol–water partition coefficient (Wildman–Crippen LogP) is 2.05. The Hall–Kier alpha value is -0.620. The van der Waals surface area contributed by atoms with Gasteiger partial charge in [-0.1, -0.05) is 17.7 Å². The van der Waals surface area contributed by atoms with E-state index in [1.165, 1.54) is 0 Å². The van der Waals surface area contributed by atoms with Crippen molar-refractivity contribution >= 4 is 21.4 Å². The fourth-order valence-corrected chi connectivity index (χ4v) is 4.92. The van der Waals surface area contributed by atoms with E-state index >= 15 is 0 Å². The van der Waals surface area contributed by atoms with Crippen LogP contribution in [0.15, 0.2) is 23.1 Å². The normalized spacial score (nSPS) is 21.2. The van der Waals surface area contributed by atoms with Crippen LogP contribution in [0.25, 0.3) is 0 Å². The molecule has 0 atom stereocenters. The molecule has 0 unspecified atom stereocenters. The maximum atomic E-state index is 12.4. The summed E-state index contributed by atoms with van der Waals surface area (Å²) in [5, 5.41) is 3.25. The van der Waals surface area contributed by atoms with Gasteiger partial charge < -0.3 is 10.1 Å². The molecule has 0 amide bonds. The lowest BCUT2D eigenvalue weighted by molar-refractivity contribution is 0.0416. The summed E-state index contributed by atoms with van der Waals surface area (Å²) in [5.74, 6) is 0.657. The van der Waals surface area contributed by atoms with Gasteiger partial charge in [0.25, 0.3) is 0 Å². The van der Waals surface area contributed by atoms with Crippen molar-refractivity contribution in [2.24, 2.45) is 5.92 Å². The van der Waals surface area contributed by atoms with Crippen molar-refractivity contribution in [3.05, 3.63) is 28.8 Å². The largest absolute Gasteiger partial charge is 0.379 e. The first-order valence-corrected chi connectivity index (χ1v) is 9.30. The summed E-state index contributed by atoms with van der Waals surface area (Å²) >= 11 is 6.22. The maximum absolute atomic E-state index is 12.4. The third kappa shape index (κ3) is 3.26. The highest BCUT2D eigenvalue weighted by molar-refractivity contribution is 7.92. The molecular formula is C15H20ClNO3S. The monoisotopic (exact) mass is 329 g/mol. The van der Waals surface area contributed by atoms with Gasteiger partial charge in [0.15, 0.2) is 9.84 Å². The molecule has 1 N–H and O–H groups in total. The van der Waals surface area contributed by atoms with Crippen LogP contribution >= 0.6 is 11.6 Å². The van der Waals surface area contributed by atoms with Gasteiger partial charge in [-0.3, -0.25) is 0 Å². The molecule has 0 saturated carbocycles. The Labute approximate surface area is 130 Å². The average Bonchev–Trinajstić information content (AvgIpc) is 2.37. The third-order valence-corrected chi connectivity index (χ3v) is 6.88. The van der Waals surface area contributed by atoms with E-state index in [9.17, 15) is 8.42 Å². The Kier molecular flexibility index (Phi) is 4.54. The van der Waals surface area contributed by atoms with E-state index in [-0.39, 0.29) is 18.1 Å². The molecule has 2 heterocycles. The van der Waals surface area contributed by atoms with Crippen LogP contribution in [0.1, 0.15) is 18.4 Å². The van der Waals surface area contributed by atoms with Crippen LogP contribution in [0.2, 0.25) is 5.02 Å². The minimum atomic E-state index is -3.35. The van der Waals surface area contributed by atoms with Crippen molar-refractivity contribution < 1.29 is 13.2 Å². The molecule has 0 spiro atoms. The van der Waals surface area contributed by atoms with Crippen LogP contribution in [-0.4, -0.2) is 40.0 Å². The van der Waals surface area contributed by atoms with Crippen LogP contribution in [0.5, 0.6) is 0 Å². The van der Waals surface area contributed by atoms with Crippen LogP contribution in [0, 0.1) is 5.92 Å². The second-order valence-electron chi connectivity index (χ2n) is 5.87. The van der Waals surface area contributed by atoms with Crippen LogP contribution in [0.3, 0.4) is 0 Å². The van der Waals surface area contributed by atoms with Gasteiger partial charge in [0.1, 0.15) is 5.25 Å². The van der Waals surface area contributed by atoms with E-state index in [2.05, 4.69) is 5.32 Å². The molecule has 0 aliphatic carbocycles. The number of rotatable bonds is 4. The summed E-state index contributed by atoms with van der Waals surface area (Å²) in [7, 11) is -3.35. The second kappa shape index (κ2) is 6.24.